The Morgan fingerprint density at radius 2 is 1.89 bits per heavy atom. The highest BCUT2D eigenvalue weighted by Crippen LogP contribution is 2.24. The molecule has 0 saturated carbocycles. The third-order valence-electron chi connectivity index (χ3n) is 5.01. The van der Waals surface area contributed by atoms with E-state index in [1.165, 1.54) is 18.9 Å². The molecule has 0 N–H and O–H groups in total. The predicted octanol–water partition coefficient (Wildman–Crippen LogP) is 0.638. The number of likely N-dealkylation sites (tertiary alicyclic amines) is 1. The summed E-state index contributed by atoms with van der Waals surface area (Å²) >= 11 is 1.42. The number of amides is 1. The molecule has 3 rings (SSSR count). The van der Waals surface area contributed by atoms with Crippen LogP contribution in [0.3, 0.4) is 0 Å². The zero-order chi connectivity index (χ0) is 19.2. The highest BCUT2D eigenvalue weighted by atomic mass is 32.2. The highest BCUT2D eigenvalue weighted by Gasteiger charge is 2.28. The maximum Gasteiger partial charge on any atom is 0.308 e. The number of esters is 1. The molecule has 0 bridgehead atoms. The second kappa shape index (κ2) is 9.41. The van der Waals surface area contributed by atoms with Gasteiger partial charge in [0.2, 0.25) is 11.9 Å². The van der Waals surface area contributed by atoms with Crippen molar-refractivity contribution < 1.29 is 19.1 Å². The Balaban J connectivity index is 1.53. The molecule has 2 fully saturated rings. The summed E-state index contributed by atoms with van der Waals surface area (Å²) < 4.78 is 12.2. The van der Waals surface area contributed by atoms with E-state index in [0.717, 1.165) is 30.7 Å². The number of morpholine rings is 1. The number of methoxy groups -OCH3 is 1. The van der Waals surface area contributed by atoms with Crippen LogP contribution in [0.2, 0.25) is 0 Å². The molecule has 0 atom stereocenters. The Morgan fingerprint density at radius 3 is 2.52 bits per heavy atom. The van der Waals surface area contributed by atoms with E-state index < -0.39 is 0 Å². The lowest BCUT2D eigenvalue weighted by Gasteiger charge is -2.30. The van der Waals surface area contributed by atoms with Crippen LogP contribution >= 0.6 is 11.8 Å². The van der Waals surface area contributed by atoms with Gasteiger partial charge < -0.3 is 19.3 Å². The molecule has 2 aliphatic rings. The van der Waals surface area contributed by atoms with Crippen LogP contribution in [0, 0.1) is 5.92 Å². The zero-order valence-electron chi connectivity index (χ0n) is 15.9. The van der Waals surface area contributed by atoms with E-state index in [9.17, 15) is 9.59 Å². The lowest BCUT2D eigenvalue weighted by Crippen LogP contribution is -2.41. The third-order valence-corrected chi connectivity index (χ3v) is 5.97. The number of piperidine rings is 1. The minimum absolute atomic E-state index is 0.0712. The van der Waals surface area contributed by atoms with Crippen molar-refractivity contribution in [2.45, 2.75) is 31.5 Å². The van der Waals surface area contributed by atoms with Gasteiger partial charge in [0.05, 0.1) is 32.0 Å². The number of thioether (sulfide) groups is 1. The first-order valence-corrected chi connectivity index (χ1v) is 10.4. The van der Waals surface area contributed by atoms with E-state index in [2.05, 4.69) is 22.0 Å². The minimum Gasteiger partial charge on any atom is -0.469 e. The predicted molar refractivity (Wildman–Crippen MR) is 101 cm³/mol. The van der Waals surface area contributed by atoms with Crippen molar-refractivity contribution >= 4 is 29.6 Å². The topological polar surface area (TPSA) is 89.8 Å². The maximum atomic E-state index is 12.5. The molecule has 1 aromatic heterocycles. The normalized spacial score (nSPS) is 18.6. The van der Waals surface area contributed by atoms with Crippen LogP contribution in [-0.2, 0) is 25.6 Å². The van der Waals surface area contributed by atoms with E-state index in [0.29, 0.717) is 44.9 Å². The summed E-state index contributed by atoms with van der Waals surface area (Å²) in [7, 11) is 1.41. The van der Waals surface area contributed by atoms with Crippen LogP contribution in [-0.4, -0.2) is 83.8 Å². The van der Waals surface area contributed by atoms with E-state index >= 15 is 0 Å². The minimum atomic E-state index is -0.178. The number of aromatic nitrogens is 3. The van der Waals surface area contributed by atoms with Gasteiger partial charge in [-0.25, -0.2) is 0 Å². The molecule has 1 aromatic rings. The number of ether oxygens (including phenoxy) is 2. The summed E-state index contributed by atoms with van der Waals surface area (Å²) in [5, 5.41) is 9.37. The number of hydrogen-bond donors (Lipinski definition) is 0. The average molecular weight is 398 g/mol. The average Bonchev–Trinajstić information content (AvgIpc) is 3.15. The van der Waals surface area contributed by atoms with Gasteiger partial charge in [-0.2, -0.15) is 0 Å². The second-order valence-electron chi connectivity index (χ2n) is 6.59. The quantitative estimate of drug-likeness (QED) is 0.510. The van der Waals surface area contributed by atoms with E-state index in [1.54, 1.807) is 0 Å². The number of nitrogens with zero attached hydrogens (tertiary/aromatic N) is 5. The molecule has 9 nitrogen and oxygen atoms in total. The molecule has 0 unspecified atom stereocenters. The molecule has 3 heterocycles. The fraction of sp³-hybridized carbons (Fsp3) is 0.765. The van der Waals surface area contributed by atoms with Gasteiger partial charge in [-0.3, -0.25) is 14.2 Å². The van der Waals surface area contributed by atoms with Gasteiger partial charge in [0.15, 0.2) is 5.16 Å². The van der Waals surface area contributed by atoms with E-state index in [4.69, 9.17) is 9.47 Å². The van der Waals surface area contributed by atoms with Crippen LogP contribution in [0.1, 0.15) is 19.8 Å². The first kappa shape index (κ1) is 19.9. The van der Waals surface area contributed by atoms with Crippen molar-refractivity contribution in [2.75, 3.05) is 57.2 Å². The van der Waals surface area contributed by atoms with Crippen molar-refractivity contribution in [2.24, 2.45) is 5.92 Å². The van der Waals surface area contributed by atoms with Gasteiger partial charge in [0.25, 0.3) is 0 Å². The molecule has 0 radical (unpaired) electrons. The molecule has 0 aliphatic carbocycles. The Bertz CT molecular complexity index is 654. The Morgan fingerprint density at radius 1 is 1.19 bits per heavy atom. The Hall–Kier alpha value is -1.81. The maximum absolute atomic E-state index is 12.5. The van der Waals surface area contributed by atoms with Crippen molar-refractivity contribution in [1.82, 2.24) is 19.7 Å². The van der Waals surface area contributed by atoms with E-state index in [1.807, 2.05) is 9.47 Å². The van der Waals surface area contributed by atoms with Gasteiger partial charge in [-0.1, -0.05) is 11.8 Å². The number of rotatable bonds is 6. The first-order valence-electron chi connectivity index (χ1n) is 9.38. The largest absolute Gasteiger partial charge is 0.469 e. The summed E-state index contributed by atoms with van der Waals surface area (Å²) in [6.45, 7) is 6.99. The molecule has 10 heteroatoms. The number of hydrogen-bond acceptors (Lipinski definition) is 8. The SMILES string of the molecule is CCn1c(SCC(=O)N2CCC(C(=O)OC)CC2)nnc1N1CCOCC1. The summed E-state index contributed by atoms with van der Waals surface area (Å²) in [5.74, 6) is 0.968. The molecule has 2 saturated heterocycles. The van der Waals surface area contributed by atoms with Crippen LogP contribution in [0.25, 0.3) is 0 Å². The molecular formula is C17H27N5O4S. The van der Waals surface area contributed by atoms with Crippen LogP contribution < -0.4 is 4.90 Å². The molecule has 1 amide bonds. The molecular weight excluding hydrogens is 370 g/mol. The summed E-state index contributed by atoms with van der Waals surface area (Å²) in [6.07, 6.45) is 1.32. The van der Waals surface area contributed by atoms with Crippen LogP contribution in [0.15, 0.2) is 5.16 Å². The molecule has 0 aromatic carbocycles. The summed E-state index contributed by atoms with van der Waals surface area (Å²) in [5.41, 5.74) is 0. The van der Waals surface area contributed by atoms with Gasteiger partial charge in [0.1, 0.15) is 0 Å². The third kappa shape index (κ3) is 4.73. The van der Waals surface area contributed by atoms with Gasteiger partial charge in [-0.15, -0.1) is 10.2 Å². The first-order chi connectivity index (χ1) is 13.1. The van der Waals surface area contributed by atoms with Crippen molar-refractivity contribution in [3.63, 3.8) is 0 Å². The highest BCUT2D eigenvalue weighted by molar-refractivity contribution is 7.99. The van der Waals surface area contributed by atoms with Crippen LogP contribution in [0.5, 0.6) is 0 Å². The number of carbonyl (C=O) groups is 2. The number of anilines is 1. The smallest absolute Gasteiger partial charge is 0.308 e. The molecule has 0 spiro atoms. The molecule has 150 valence electrons. The van der Waals surface area contributed by atoms with Crippen LogP contribution in [0.4, 0.5) is 5.95 Å². The van der Waals surface area contributed by atoms with Crippen molar-refractivity contribution in [1.29, 1.82) is 0 Å². The zero-order valence-corrected chi connectivity index (χ0v) is 16.7. The monoisotopic (exact) mass is 397 g/mol. The lowest BCUT2D eigenvalue weighted by molar-refractivity contribution is -0.148. The van der Waals surface area contributed by atoms with Gasteiger partial charge in [-0.05, 0) is 19.8 Å². The Labute approximate surface area is 163 Å². The van der Waals surface area contributed by atoms with E-state index in [-0.39, 0.29) is 17.8 Å². The standard InChI is InChI=1S/C17H27N5O4S/c1-3-22-16(21-8-10-26-11-9-21)18-19-17(22)27-12-14(23)20-6-4-13(5-7-20)15(24)25-2/h13H,3-12H2,1-2H3. The fourth-order valence-corrected chi connectivity index (χ4v) is 4.31. The fourth-order valence-electron chi connectivity index (χ4n) is 3.41. The summed E-state index contributed by atoms with van der Waals surface area (Å²) in [4.78, 5) is 28.1. The molecule has 27 heavy (non-hydrogen) atoms. The summed E-state index contributed by atoms with van der Waals surface area (Å²) in [6, 6.07) is 0. The van der Waals surface area contributed by atoms with Crippen molar-refractivity contribution in [3.05, 3.63) is 0 Å². The number of carbonyl (C=O) groups excluding carboxylic acids is 2. The Kier molecular flexibility index (Phi) is 6.95. The lowest BCUT2D eigenvalue weighted by atomic mass is 9.97. The van der Waals surface area contributed by atoms with Gasteiger partial charge in [0, 0.05) is 32.7 Å². The van der Waals surface area contributed by atoms with Crippen molar-refractivity contribution in [3.8, 4) is 0 Å². The second-order valence-corrected chi connectivity index (χ2v) is 7.54. The van der Waals surface area contributed by atoms with Gasteiger partial charge >= 0.3 is 5.97 Å². The molecule has 2 aliphatic heterocycles.